The van der Waals surface area contributed by atoms with Crippen LogP contribution in [0.1, 0.15) is 23.4 Å². The van der Waals surface area contributed by atoms with Crippen molar-refractivity contribution in [2.75, 3.05) is 11.5 Å². The maximum Gasteiger partial charge on any atom is 0.371 e. The molecule has 1 atom stereocenters. The van der Waals surface area contributed by atoms with Crippen LogP contribution in [0.3, 0.4) is 0 Å². The Morgan fingerprint density at radius 3 is 2.83 bits per heavy atom. The van der Waals surface area contributed by atoms with Crippen molar-refractivity contribution in [2.24, 2.45) is 0 Å². The van der Waals surface area contributed by atoms with Crippen molar-refractivity contribution in [2.45, 2.75) is 24.0 Å². The predicted molar refractivity (Wildman–Crippen MR) is 66.3 cm³/mol. The molecule has 2 N–H and O–H groups in total. The number of thioether (sulfide) groups is 1. The minimum atomic E-state index is -3.77. The van der Waals surface area contributed by atoms with Gasteiger partial charge in [-0.05, 0) is 30.7 Å². The molecule has 2 heterocycles. The zero-order valence-electron chi connectivity index (χ0n) is 9.46. The van der Waals surface area contributed by atoms with E-state index >= 15 is 0 Å². The summed E-state index contributed by atoms with van der Waals surface area (Å²) in [7, 11) is -3.77. The third-order valence-electron chi connectivity index (χ3n) is 2.54. The summed E-state index contributed by atoms with van der Waals surface area (Å²) in [5, 5.41) is 8.32. The quantitative estimate of drug-likeness (QED) is 0.864. The molecule has 1 fully saturated rings. The summed E-state index contributed by atoms with van der Waals surface area (Å²) < 4.78 is 31.2. The molecule has 1 saturated heterocycles. The molecule has 1 aromatic heterocycles. The molecule has 1 aliphatic heterocycles. The number of aromatic carboxylic acids is 1. The molecule has 0 aromatic carbocycles. The lowest BCUT2D eigenvalue weighted by Gasteiger charge is -2.21. The minimum Gasteiger partial charge on any atom is -0.475 e. The monoisotopic (exact) mass is 291 g/mol. The molecule has 0 saturated carbocycles. The fourth-order valence-corrected chi connectivity index (χ4v) is 4.07. The van der Waals surface area contributed by atoms with E-state index in [0.29, 0.717) is 0 Å². The molecule has 1 aromatic rings. The SMILES string of the molecule is O=C(O)c1ccc(S(=O)(=O)NC2CCCSC2)o1. The molecule has 2 rings (SSSR count). The van der Waals surface area contributed by atoms with Crippen molar-refractivity contribution < 1.29 is 22.7 Å². The van der Waals surface area contributed by atoms with Crippen LogP contribution in [-0.4, -0.2) is 37.0 Å². The summed E-state index contributed by atoms with van der Waals surface area (Å²) >= 11 is 1.70. The second-order valence-corrected chi connectivity index (χ2v) is 6.75. The summed E-state index contributed by atoms with van der Waals surface area (Å²) in [6.45, 7) is 0. The average molecular weight is 291 g/mol. The van der Waals surface area contributed by atoms with E-state index in [4.69, 9.17) is 9.52 Å². The van der Waals surface area contributed by atoms with Gasteiger partial charge in [-0.2, -0.15) is 11.8 Å². The van der Waals surface area contributed by atoms with E-state index < -0.39 is 16.0 Å². The standard InChI is InChI=1S/C10H13NO5S2/c12-10(13)8-3-4-9(16-8)18(14,15)11-7-2-1-5-17-6-7/h3-4,7,11H,1-2,5-6H2,(H,12,13). The average Bonchev–Trinajstić information content (AvgIpc) is 2.79. The van der Waals surface area contributed by atoms with Gasteiger partial charge in [0.1, 0.15) is 0 Å². The van der Waals surface area contributed by atoms with Crippen LogP contribution < -0.4 is 4.72 Å². The van der Waals surface area contributed by atoms with E-state index in [0.717, 1.165) is 36.5 Å². The van der Waals surface area contributed by atoms with Gasteiger partial charge in [-0.1, -0.05) is 0 Å². The van der Waals surface area contributed by atoms with E-state index in [1.54, 1.807) is 11.8 Å². The topological polar surface area (TPSA) is 96.6 Å². The number of nitrogens with one attached hydrogen (secondary N) is 1. The molecule has 18 heavy (non-hydrogen) atoms. The Labute approximate surface area is 109 Å². The fraction of sp³-hybridized carbons (Fsp3) is 0.500. The zero-order chi connectivity index (χ0) is 13.2. The van der Waals surface area contributed by atoms with Gasteiger partial charge in [0.05, 0.1) is 0 Å². The highest BCUT2D eigenvalue weighted by Gasteiger charge is 2.25. The largest absolute Gasteiger partial charge is 0.475 e. The van der Waals surface area contributed by atoms with Crippen LogP contribution in [0.25, 0.3) is 0 Å². The maximum absolute atomic E-state index is 11.9. The van der Waals surface area contributed by atoms with Crippen molar-refractivity contribution in [3.8, 4) is 0 Å². The highest BCUT2D eigenvalue weighted by Crippen LogP contribution is 2.20. The number of carbonyl (C=O) groups is 1. The van der Waals surface area contributed by atoms with Gasteiger partial charge in [-0.3, -0.25) is 0 Å². The molecule has 100 valence electrons. The van der Waals surface area contributed by atoms with E-state index in [9.17, 15) is 13.2 Å². The third-order valence-corrected chi connectivity index (χ3v) is 5.15. The van der Waals surface area contributed by atoms with Crippen LogP contribution >= 0.6 is 11.8 Å². The highest BCUT2D eigenvalue weighted by molar-refractivity contribution is 7.99. The van der Waals surface area contributed by atoms with Gasteiger partial charge in [0.15, 0.2) is 0 Å². The first kappa shape index (κ1) is 13.4. The molecular weight excluding hydrogens is 278 g/mol. The van der Waals surface area contributed by atoms with Crippen LogP contribution in [0, 0.1) is 0 Å². The molecule has 0 amide bonds. The second-order valence-electron chi connectivity index (χ2n) is 3.96. The van der Waals surface area contributed by atoms with Crippen molar-refractivity contribution in [3.63, 3.8) is 0 Å². The molecule has 0 spiro atoms. The van der Waals surface area contributed by atoms with Crippen LogP contribution in [0.5, 0.6) is 0 Å². The highest BCUT2D eigenvalue weighted by atomic mass is 32.2. The molecule has 1 unspecified atom stereocenters. The van der Waals surface area contributed by atoms with Crippen LogP contribution in [0.4, 0.5) is 0 Å². The van der Waals surface area contributed by atoms with Crippen molar-refractivity contribution in [1.82, 2.24) is 4.72 Å². The second kappa shape index (κ2) is 5.33. The fourth-order valence-electron chi connectivity index (χ4n) is 1.69. The Hall–Kier alpha value is -0.990. The van der Waals surface area contributed by atoms with Crippen LogP contribution in [0.2, 0.25) is 0 Å². The lowest BCUT2D eigenvalue weighted by atomic mass is 10.2. The summed E-state index contributed by atoms with van der Waals surface area (Å²) in [6.07, 6.45) is 1.76. The summed E-state index contributed by atoms with van der Waals surface area (Å²) in [5.74, 6) is 0.103. The van der Waals surface area contributed by atoms with Crippen LogP contribution in [-0.2, 0) is 10.0 Å². The van der Waals surface area contributed by atoms with Gasteiger partial charge in [-0.15, -0.1) is 0 Å². The summed E-state index contributed by atoms with van der Waals surface area (Å²) in [5.41, 5.74) is 0. The minimum absolute atomic E-state index is 0.118. The molecular formula is C10H13NO5S2. The van der Waals surface area contributed by atoms with Crippen molar-refractivity contribution in [1.29, 1.82) is 0 Å². The Morgan fingerprint density at radius 2 is 2.28 bits per heavy atom. The number of carboxylic acids is 1. The first-order chi connectivity index (χ1) is 8.49. The molecule has 0 radical (unpaired) electrons. The molecule has 6 nitrogen and oxygen atoms in total. The van der Waals surface area contributed by atoms with E-state index in [2.05, 4.69) is 4.72 Å². The number of sulfonamides is 1. The number of hydrogen-bond acceptors (Lipinski definition) is 5. The number of hydrogen-bond donors (Lipinski definition) is 2. The van der Waals surface area contributed by atoms with Crippen LogP contribution in [0.15, 0.2) is 21.6 Å². The van der Waals surface area contributed by atoms with Gasteiger partial charge in [-0.25, -0.2) is 17.9 Å². The Morgan fingerprint density at radius 1 is 1.50 bits per heavy atom. The van der Waals surface area contributed by atoms with E-state index in [1.165, 1.54) is 0 Å². The normalized spacial score (nSPS) is 20.8. The van der Waals surface area contributed by atoms with Gasteiger partial charge >= 0.3 is 5.97 Å². The lowest BCUT2D eigenvalue weighted by molar-refractivity contribution is 0.0656. The zero-order valence-corrected chi connectivity index (χ0v) is 11.1. The molecule has 1 aliphatic rings. The maximum atomic E-state index is 11.9. The number of furan rings is 1. The summed E-state index contributed by atoms with van der Waals surface area (Å²) in [4.78, 5) is 10.6. The van der Waals surface area contributed by atoms with Crippen molar-refractivity contribution >= 4 is 27.8 Å². The third kappa shape index (κ3) is 3.06. The molecule has 8 heteroatoms. The van der Waals surface area contributed by atoms with Gasteiger partial charge in [0.25, 0.3) is 10.0 Å². The lowest BCUT2D eigenvalue weighted by Crippen LogP contribution is -2.38. The number of carboxylic acid groups (broad SMARTS) is 1. The Balaban J connectivity index is 2.11. The van der Waals surface area contributed by atoms with Gasteiger partial charge in [0, 0.05) is 11.8 Å². The van der Waals surface area contributed by atoms with E-state index in [1.807, 2.05) is 0 Å². The van der Waals surface area contributed by atoms with E-state index in [-0.39, 0.29) is 16.9 Å². The molecule has 0 bridgehead atoms. The Kier molecular flexibility index (Phi) is 3.98. The molecule has 0 aliphatic carbocycles. The number of rotatable bonds is 4. The van der Waals surface area contributed by atoms with Crippen molar-refractivity contribution in [3.05, 3.63) is 17.9 Å². The first-order valence-corrected chi connectivity index (χ1v) is 8.06. The summed E-state index contributed by atoms with van der Waals surface area (Å²) in [6, 6.07) is 2.17. The predicted octanol–water partition coefficient (Wildman–Crippen LogP) is 1.15. The Bertz CT molecular complexity index is 530. The first-order valence-electron chi connectivity index (χ1n) is 5.42. The van der Waals surface area contributed by atoms with Gasteiger partial charge in [0.2, 0.25) is 10.9 Å². The van der Waals surface area contributed by atoms with Gasteiger partial charge < -0.3 is 9.52 Å². The smallest absolute Gasteiger partial charge is 0.371 e.